The van der Waals surface area contributed by atoms with Gasteiger partial charge in [0.15, 0.2) is 0 Å². The van der Waals surface area contributed by atoms with Gasteiger partial charge in [-0.1, -0.05) is 36.8 Å². The van der Waals surface area contributed by atoms with Crippen LogP contribution >= 0.6 is 0 Å². The van der Waals surface area contributed by atoms with E-state index in [1.165, 1.54) is 11.1 Å². The van der Waals surface area contributed by atoms with Gasteiger partial charge in [-0.15, -0.1) is 0 Å². The normalized spacial score (nSPS) is 12.6. The fourth-order valence-corrected chi connectivity index (χ4v) is 2.24. The molecule has 1 aromatic carbocycles. The topological polar surface area (TPSA) is 43.8 Å². The van der Waals surface area contributed by atoms with Gasteiger partial charge in [-0.25, -0.2) is 4.98 Å². The van der Waals surface area contributed by atoms with E-state index in [2.05, 4.69) is 47.7 Å². The van der Waals surface area contributed by atoms with Crippen molar-refractivity contribution in [1.29, 1.82) is 0 Å². The second kappa shape index (κ2) is 5.83. The first-order chi connectivity index (χ1) is 8.76. The van der Waals surface area contributed by atoms with Gasteiger partial charge in [0.2, 0.25) is 0 Å². The highest BCUT2D eigenvalue weighted by molar-refractivity contribution is 5.25. The minimum atomic E-state index is 0.189. The molecule has 3 heteroatoms. The maximum Gasteiger partial charge on any atom is 0.109 e. The number of imidazole rings is 1. The molecule has 3 nitrogen and oxygen atoms in total. The van der Waals surface area contributed by atoms with Crippen molar-refractivity contribution in [2.45, 2.75) is 32.7 Å². The Morgan fingerprint density at radius 3 is 2.61 bits per heavy atom. The molecule has 0 saturated carbocycles. The molecule has 0 aliphatic carbocycles. The van der Waals surface area contributed by atoms with Crippen molar-refractivity contribution in [2.75, 3.05) is 6.54 Å². The zero-order valence-corrected chi connectivity index (χ0v) is 11.1. The van der Waals surface area contributed by atoms with Gasteiger partial charge in [0.1, 0.15) is 5.82 Å². The largest absolute Gasteiger partial charge is 0.328 e. The fraction of sp³-hybridized carbons (Fsp3) is 0.400. The number of hydrogen-bond acceptors (Lipinski definition) is 2. The number of aryl methyl sites for hydroxylation is 2. The lowest BCUT2D eigenvalue weighted by atomic mass is 10.0. The molecule has 1 atom stereocenters. The summed E-state index contributed by atoms with van der Waals surface area (Å²) in [5.41, 5.74) is 8.47. The van der Waals surface area contributed by atoms with Crippen molar-refractivity contribution in [3.63, 3.8) is 0 Å². The van der Waals surface area contributed by atoms with Gasteiger partial charge in [0.25, 0.3) is 0 Å². The van der Waals surface area contributed by atoms with Crippen LogP contribution in [0.3, 0.4) is 0 Å². The molecular formula is C15H21N3. The van der Waals surface area contributed by atoms with Gasteiger partial charge in [-0.2, -0.15) is 0 Å². The zero-order chi connectivity index (χ0) is 13.0. The Labute approximate surface area is 109 Å². The number of rotatable bonds is 5. The highest BCUT2D eigenvalue weighted by Gasteiger charge is 2.14. The predicted molar refractivity (Wildman–Crippen MR) is 74.6 cm³/mol. The number of nitrogens with two attached hydrogens (primary N) is 1. The first kappa shape index (κ1) is 12.8. The molecule has 0 bridgehead atoms. The zero-order valence-electron chi connectivity index (χ0n) is 11.1. The monoisotopic (exact) mass is 243 g/mol. The maximum atomic E-state index is 5.95. The van der Waals surface area contributed by atoms with Crippen molar-refractivity contribution in [1.82, 2.24) is 9.55 Å². The highest BCUT2D eigenvalue weighted by atomic mass is 15.1. The first-order valence-corrected chi connectivity index (χ1v) is 6.54. The third-order valence-corrected chi connectivity index (χ3v) is 3.24. The predicted octanol–water partition coefficient (Wildman–Crippen LogP) is 2.69. The molecule has 1 aromatic heterocycles. The summed E-state index contributed by atoms with van der Waals surface area (Å²) in [5, 5.41) is 0. The Morgan fingerprint density at radius 2 is 2.00 bits per heavy atom. The first-order valence-electron chi connectivity index (χ1n) is 6.54. The maximum absolute atomic E-state index is 5.95. The Bertz CT molecular complexity index is 485. The van der Waals surface area contributed by atoms with Crippen molar-refractivity contribution in [3.8, 4) is 0 Å². The van der Waals surface area contributed by atoms with Crippen LogP contribution in [0.15, 0.2) is 36.7 Å². The molecule has 0 saturated heterocycles. The van der Waals surface area contributed by atoms with Gasteiger partial charge in [-0.3, -0.25) is 0 Å². The third kappa shape index (κ3) is 2.62. The summed E-state index contributed by atoms with van der Waals surface area (Å²) in [7, 11) is 0. The fourth-order valence-electron chi connectivity index (χ4n) is 2.24. The minimum absolute atomic E-state index is 0.189. The second-order valence-electron chi connectivity index (χ2n) is 4.66. The van der Waals surface area contributed by atoms with E-state index in [1.54, 1.807) is 0 Å². The molecule has 0 spiro atoms. The number of aromatic nitrogens is 2. The molecule has 0 radical (unpaired) electrons. The van der Waals surface area contributed by atoms with Gasteiger partial charge >= 0.3 is 0 Å². The summed E-state index contributed by atoms with van der Waals surface area (Å²) in [5.74, 6) is 1.12. The third-order valence-electron chi connectivity index (χ3n) is 3.24. The Hall–Kier alpha value is -1.61. The summed E-state index contributed by atoms with van der Waals surface area (Å²) >= 11 is 0. The molecular weight excluding hydrogens is 222 g/mol. The minimum Gasteiger partial charge on any atom is -0.328 e. The number of benzene rings is 1. The number of hydrogen-bond donors (Lipinski definition) is 1. The smallest absolute Gasteiger partial charge is 0.109 e. The molecule has 2 rings (SSSR count). The molecule has 0 fully saturated rings. The summed E-state index contributed by atoms with van der Waals surface area (Å²) < 4.78 is 2.20. The van der Waals surface area contributed by atoms with E-state index >= 15 is 0 Å². The van der Waals surface area contributed by atoms with E-state index in [1.807, 2.05) is 12.4 Å². The highest BCUT2D eigenvalue weighted by Crippen LogP contribution is 2.20. The van der Waals surface area contributed by atoms with Crippen LogP contribution in [0.25, 0.3) is 0 Å². The standard InChI is InChI=1S/C15H21N3/c1-3-4-15-17-9-10-18(15)14(11-16)13-7-5-12(2)6-8-13/h5-10,14H,3-4,11,16H2,1-2H3. The molecule has 18 heavy (non-hydrogen) atoms. The van der Waals surface area contributed by atoms with Crippen LogP contribution in [0.1, 0.15) is 36.3 Å². The summed E-state index contributed by atoms with van der Waals surface area (Å²) in [6.45, 7) is 4.86. The van der Waals surface area contributed by atoms with Crippen molar-refractivity contribution in [2.24, 2.45) is 5.73 Å². The average Bonchev–Trinajstić information content (AvgIpc) is 2.82. The SMILES string of the molecule is CCCc1nccn1C(CN)c1ccc(C)cc1. The molecule has 1 heterocycles. The van der Waals surface area contributed by atoms with Gasteiger partial charge in [0, 0.05) is 25.4 Å². The molecule has 0 aliphatic rings. The van der Waals surface area contributed by atoms with E-state index in [4.69, 9.17) is 5.73 Å². The molecule has 2 aromatic rings. The number of nitrogens with zero attached hydrogens (tertiary/aromatic N) is 2. The quantitative estimate of drug-likeness (QED) is 0.877. The van der Waals surface area contributed by atoms with Crippen LogP contribution in [0, 0.1) is 6.92 Å². The molecule has 0 amide bonds. The van der Waals surface area contributed by atoms with Crippen molar-refractivity contribution < 1.29 is 0 Å². The van der Waals surface area contributed by atoms with Crippen LogP contribution in [-0.2, 0) is 6.42 Å². The lowest BCUT2D eigenvalue weighted by molar-refractivity contribution is 0.561. The van der Waals surface area contributed by atoms with Gasteiger partial charge in [-0.05, 0) is 18.9 Å². The van der Waals surface area contributed by atoms with Crippen LogP contribution < -0.4 is 5.73 Å². The van der Waals surface area contributed by atoms with E-state index in [0.29, 0.717) is 6.54 Å². The van der Waals surface area contributed by atoms with Crippen LogP contribution in [-0.4, -0.2) is 16.1 Å². The Kier molecular flexibility index (Phi) is 4.15. The Balaban J connectivity index is 2.32. The van der Waals surface area contributed by atoms with Crippen LogP contribution in [0.4, 0.5) is 0 Å². The van der Waals surface area contributed by atoms with Crippen LogP contribution in [0.5, 0.6) is 0 Å². The summed E-state index contributed by atoms with van der Waals surface area (Å²) in [6, 6.07) is 8.77. The summed E-state index contributed by atoms with van der Waals surface area (Å²) in [6.07, 6.45) is 5.99. The van der Waals surface area contributed by atoms with E-state index in [-0.39, 0.29) is 6.04 Å². The van der Waals surface area contributed by atoms with Crippen molar-refractivity contribution in [3.05, 3.63) is 53.6 Å². The second-order valence-corrected chi connectivity index (χ2v) is 4.66. The van der Waals surface area contributed by atoms with E-state index in [0.717, 1.165) is 18.7 Å². The lowest BCUT2D eigenvalue weighted by Gasteiger charge is -2.19. The average molecular weight is 243 g/mol. The molecule has 0 aliphatic heterocycles. The Morgan fingerprint density at radius 1 is 1.28 bits per heavy atom. The van der Waals surface area contributed by atoms with Crippen molar-refractivity contribution >= 4 is 0 Å². The molecule has 1 unspecified atom stereocenters. The van der Waals surface area contributed by atoms with Gasteiger partial charge in [0.05, 0.1) is 6.04 Å². The van der Waals surface area contributed by atoms with Crippen LogP contribution in [0.2, 0.25) is 0 Å². The molecule has 96 valence electrons. The molecule has 2 N–H and O–H groups in total. The van der Waals surface area contributed by atoms with E-state index in [9.17, 15) is 0 Å². The van der Waals surface area contributed by atoms with Gasteiger partial charge < -0.3 is 10.3 Å². The summed E-state index contributed by atoms with van der Waals surface area (Å²) in [4.78, 5) is 4.43. The van der Waals surface area contributed by atoms with E-state index < -0.39 is 0 Å². The lowest BCUT2D eigenvalue weighted by Crippen LogP contribution is -2.21.